The summed E-state index contributed by atoms with van der Waals surface area (Å²) < 4.78 is 2.34. The fourth-order valence-corrected chi connectivity index (χ4v) is 7.24. The Balaban J connectivity index is 1.37. The molecule has 0 N–H and O–H groups in total. The van der Waals surface area contributed by atoms with E-state index in [9.17, 15) is 0 Å². The summed E-state index contributed by atoms with van der Waals surface area (Å²) in [5, 5.41) is 5.05. The van der Waals surface area contributed by atoms with Crippen molar-refractivity contribution >= 4 is 32.6 Å². The third-order valence-electron chi connectivity index (χ3n) is 9.40. The zero-order chi connectivity index (χ0) is 29.4. The van der Waals surface area contributed by atoms with Gasteiger partial charge in [-0.3, -0.25) is 4.57 Å². The molecule has 0 radical (unpaired) electrons. The number of rotatable bonds is 3. The van der Waals surface area contributed by atoms with E-state index in [-0.39, 0.29) is 5.41 Å². The summed E-state index contributed by atoms with van der Waals surface area (Å²) in [4.78, 5) is 10.3. The molecule has 1 aliphatic carbocycles. The SMILES string of the molecule is CC1(C)c2cc3c(cc2-c2c1ccc1ccccc21)c1ccccc1n3-c1cc(-c2ccccc2)nc(-c2ccccc2)n1. The van der Waals surface area contributed by atoms with Gasteiger partial charge in [0.15, 0.2) is 5.82 Å². The Hall–Kier alpha value is -5.54. The third-order valence-corrected chi connectivity index (χ3v) is 9.40. The van der Waals surface area contributed by atoms with Crippen LogP contribution in [0, 0.1) is 0 Å². The topological polar surface area (TPSA) is 30.7 Å². The molecule has 3 heteroatoms. The lowest BCUT2D eigenvalue weighted by molar-refractivity contribution is 0.661. The number of hydrogen-bond donors (Lipinski definition) is 0. The van der Waals surface area contributed by atoms with Crippen molar-refractivity contribution < 1.29 is 0 Å². The van der Waals surface area contributed by atoms with E-state index in [1.54, 1.807) is 0 Å². The van der Waals surface area contributed by atoms with Crippen LogP contribution in [-0.4, -0.2) is 14.5 Å². The normalized spacial score (nSPS) is 13.4. The summed E-state index contributed by atoms with van der Waals surface area (Å²) in [6, 6.07) is 49.7. The minimum Gasteiger partial charge on any atom is -0.294 e. The molecule has 9 rings (SSSR count). The van der Waals surface area contributed by atoms with Gasteiger partial charge in [-0.05, 0) is 51.2 Å². The summed E-state index contributed by atoms with van der Waals surface area (Å²) in [5.74, 6) is 1.58. The molecule has 44 heavy (non-hydrogen) atoms. The van der Waals surface area contributed by atoms with E-state index in [1.807, 2.05) is 24.3 Å². The number of hydrogen-bond acceptors (Lipinski definition) is 2. The lowest BCUT2D eigenvalue weighted by Gasteiger charge is -2.22. The Kier molecular flexibility index (Phi) is 5.24. The van der Waals surface area contributed by atoms with Crippen LogP contribution in [0.5, 0.6) is 0 Å². The van der Waals surface area contributed by atoms with Crippen molar-refractivity contribution in [2.24, 2.45) is 0 Å². The lowest BCUT2D eigenvalue weighted by Crippen LogP contribution is -2.15. The zero-order valence-electron chi connectivity index (χ0n) is 24.6. The molecule has 0 saturated heterocycles. The van der Waals surface area contributed by atoms with Crippen LogP contribution in [0.15, 0.2) is 140 Å². The molecule has 0 atom stereocenters. The van der Waals surface area contributed by atoms with Gasteiger partial charge in [-0.25, -0.2) is 9.97 Å². The van der Waals surface area contributed by atoms with Crippen LogP contribution in [0.2, 0.25) is 0 Å². The van der Waals surface area contributed by atoms with E-state index in [0.29, 0.717) is 5.82 Å². The highest BCUT2D eigenvalue weighted by Crippen LogP contribution is 2.53. The first-order valence-corrected chi connectivity index (χ1v) is 15.2. The standard InChI is InChI=1S/C41H29N3/c1-41(2)33-22-21-26-13-9-10-18-29(26)39(33)32-23-31-30-19-11-12-20-36(30)44(37(31)24-34(32)41)38-25-35(27-14-5-3-6-15-27)42-40(43-38)28-16-7-4-8-17-28/h3-25H,1-2H3. The maximum Gasteiger partial charge on any atom is 0.162 e. The Labute approximate surface area is 256 Å². The molecular weight excluding hydrogens is 534 g/mol. The van der Waals surface area contributed by atoms with Crippen molar-refractivity contribution in [3.8, 4) is 39.6 Å². The van der Waals surface area contributed by atoms with E-state index in [2.05, 4.69) is 134 Å². The number of para-hydroxylation sites is 1. The quantitative estimate of drug-likeness (QED) is 0.214. The molecule has 0 amide bonds. The number of aromatic nitrogens is 3. The molecule has 2 heterocycles. The molecule has 8 aromatic rings. The summed E-state index contributed by atoms with van der Waals surface area (Å²) in [6.45, 7) is 4.72. The Morgan fingerprint density at radius 2 is 1.20 bits per heavy atom. The molecule has 0 bridgehead atoms. The molecular formula is C41H29N3. The summed E-state index contributed by atoms with van der Waals surface area (Å²) in [7, 11) is 0. The zero-order valence-corrected chi connectivity index (χ0v) is 24.6. The highest BCUT2D eigenvalue weighted by Gasteiger charge is 2.37. The predicted octanol–water partition coefficient (Wildman–Crippen LogP) is 10.4. The maximum absolute atomic E-state index is 5.23. The van der Waals surface area contributed by atoms with Gasteiger partial charge in [0.2, 0.25) is 0 Å². The second kappa shape index (κ2) is 9.23. The van der Waals surface area contributed by atoms with E-state index in [1.165, 1.54) is 43.8 Å². The lowest BCUT2D eigenvalue weighted by atomic mass is 9.82. The van der Waals surface area contributed by atoms with Crippen LogP contribution in [0.3, 0.4) is 0 Å². The first kappa shape index (κ1) is 25.0. The van der Waals surface area contributed by atoms with Crippen molar-refractivity contribution in [1.29, 1.82) is 0 Å². The van der Waals surface area contributed by atoms with E-state index in [0.717, 1.165) is 33.7 Å². The van der Waals surface area contributed by atoms with Crippen LogP contribution in [0.4, 0.5) is 0 Å². The highest BCUT2D eigenvalue weighted by molar-refractivity contribution is 6.13. The summed E-state index contributed by atoms with van der Waals surface area (Å²) in [5.41, 5.74) is 10.5. The minimum atomic E-state index is -0.139. The van der Waals surface area contributed by atoms with Crippen LogP contribution in [0.1, 0.15) is 25.0 Å². The Morgan fingerprint density at radius 3 is 2.00 bits per heavy atom. The molecule has 2 aromatic heterocycles. The van der Waals surface area contributed by atoms with Crippen molar-refractivity contribution in [3.05, 3.63) is 151 Å². The predicted molar refractivity (Wildman–Crippen MR) is 182 cm³/mol. The van der Waals surface area contributed by atoms with Crippen LogP contribution < -0.4 is 0 Å². The number of benzene rings is 6. The van der Waals surface area contributed by atoms with Gasteiger partial charge >= 0.3 is 0 Å². The van der Waals surface area contributed by atoms with Crippen molar-refractivity contribution in [2.75, 3.05) is 0 Å². The Morgan fingerprint density at radius 1 is 0.523 bits per heavy atom. The van der Waals surface area contributed by atoms with Crippen LogP contribution in [0.25, 0.3) is 72.2 Å². The van der Waals surface area contributed by atoms with Crippen molar-refractivity contribution in [3.63, 3.8) is 0 Å². The second-order valence-electron chi connectivity index (χ2n) is 12.3. The van der Waals surface area contributed by atoms with Gasteiger partial charge in [-0.2, -0.15) is 0 Å². The van der Waals surface area contributed by atoms with Gasteiger partial charge < -0.3 is 0 Å². The molecule has 6 aromatic carbocycles. The van der Waals surface area contributed by atoms with E-state index >= 15 is 0 Å². The highest BCUT2D eigenvalue weighted by atomic mass is 15.1. The van der Waals surface area contributed by atoms with Gasteiger partial charge in [0.05, 0.1) is 16.7 Å². The van der Waals surface area contributed by atoms with Gasteiger partial charge in [0.1, 0.15) is 5.82 Å². The van der Waals surface area contributed by atoms with Gasteiger partial charge in [-0.15, -0.1) is 0 Å². The fourth-order valence-electron chi connectivity index (χ4n) is 7.24. The van der Waals surface area contributed by atoms with Gasteiger partial charge in [-0.1, -0.05) is 129 Å². The molecule has 0 unspecified atom stereocenters. The average Bonchev–Trinajstić information content (AvgIpc) is 3.52. The number of fused-ring (bicyclic) bond motifs is 8. The molecule has 0 saturated carbocycles. The monoisotopic (exact) mass is 563 g/mol. The minimum absolute atomic E-state index is 0.139. The molecule has 0 aliphatic heterocycles. The third kappa shape index (κ3) is 3.56. The average molecular weight is 564 g/mol. The molecule has 208 valence electrons. The molecule has 0 fully saturated rings. The first-order chi connectivity index (χ1) is 21.6. The maximum atomic E-state index is 5.23. The largest absolute Gasteiger partial charge is 0.294 e. The van der Waals surface area contributed by atoms with Gasteiger partial charge in [0, 0.05) is 33.4 Å². The Bertz CT molecular complexity index is 2340. The number of nitrogens with zero attached hydrogens (tertiary/aromatic N) is 3. The molecule has 1 aliphatic rings. The van der Waals surface area contributed by atoms with Crippen LogP contribution in [-0.2, 0) is 5.41 Å². The first-order valence-electron chi connectivity index (χ1n) is 15.2. The van der Waals surface area contributed by atoms with Gasteiger partial charge in [0.25, 0.3) is 0 Å². The molecule has 3 nitrogen and oxygen atoms in total. The summed E-state index contributed by atoms with van der Waals surface area (Å²) in [6.07, 6.45) is 0. The van der Waals surface area contributed by atoms with E-state index in [4.69, 9.17) is 9.97 Å². The second-order valence-corrected chi connectivity index (χ2v) is 12.3. The molecule has 0 spiro atoms. The smallest absolute Gasteiger partial charge is 0.162 e. The van der Waals surface area contributed by atoms with E-state index < -0.39 is 0 Å². The van der Waals surface area contributed by atoms with Crippen molar-refractivity contribution in [1.82, 2.24) is 14.5 Å². The fraction of sp³-hybridized carbons (Fsp3) is 0.0732. The van der Waals surface area contributed by atoms with Crippen LogP contribution >= 0.6 is 0 Å². The van der Waals surface area contributed by atoms with Crippen molar-refractivity contribution in [2.45, 2.75) is 19.3 Å². The summed E-state index contributed by atoms with van der Waals surface area (Å²) >= 11 is 0.